The highest BCUT2D eigenvalue weighted by Gasteiger charge is 2.02. The lowest BCUT2D eigenvalue weighted by molar-refractivity contribution is -0.0498. The summed E-state index contributed by atoms with van der Waals surface area (Å²) in [4.78, 5) is 0. The molecule has 0 fully saturated rings. The van der Waals surface area contributed by atoms with Crippen LogP contribution < -0.4 is 4.74 Å². The fourth-order valence-electron chi connectivity index (χ4n) is 0.782. The Morgan fingerprint density at radius 3 is 2.75 bits per heavy atom. The summed E-state index contributed by atoms with van der Waals surface area (Å²) in [7, 11) is 0. The van der Waals surface area contributed by atoms with E-state index in [1.165, 1.54) is 12.1 Å². The Bertz CT molecular complexity index is 271. The first-order valence-corrected chi connectivity index (χ1v) is 3.30. The molecule has 0 heterocycles. The molecule has 1 aromatic carbocycles. The fourth-order valence-corrected chi connectivity index (χ4v) is 0.782. The zero-order chi connectivity index (χ0) is 8.97. The van der Waals surface area contributed by atoms with Gasteiger partial charge in [-0.05, 0) is 23.8 Å². The molecule has 1 aromatic rings. The Hall–Kier alpha value is -1.38. The zero-order valence-corrected chi connectivity index (χ0v) is 6.26. The Kier molecular flexibility index (Phi) is 2.80. The minimum absolute atomic E-state index is 0.124. The van der Waals surface area contributed by atoms with Crippen LogP contribution in [0.1, 0.15) is 5.56 Å². The van der Waals surface area contributed by atoms with Crippen LogP contribution in [0.2, 0.25) is 0 Å². The number of halogens is 2. The van der Waals surface area contributed by atoms with Crippen molar-refractivity contribution in [2.24, 2.45) is 0 Å². The van der Waals surface area contributed by atoms with E-state index >= 15 is 0 Å². The molecule has 0 saturated carbocycles. The lowest BCUT2D eigenvalue weighted by Crippen LogP contribution is -2.01. The Morgan fingerprint density at radius 1 is 1.42 bits per heavy atom. The molecule has 0 unspecified atom stereocenters. The topological polar surface area (TPSA) is 9.23 Å². The smallest absolute Gasteiger partial charge is 0.387 e. The summed E-state index contributed by atoms with van der Waals surface area (Å²) in [6.45, 7) is 0.596. The third-order valence-corrected chi connectivity index (χ3v) is 1.26. The van der Waals surface area contributed by atoms with Crippen LogP contribution in [0.3, 0.4) is 0 Å². The average Bonchev–Trinajstić information content (AvgIpc) is 2.03. The van der Waals surface area contributed by atoms with Gasteiger partial charge in [0.15, 0.2) is 0 Å². The van der Waals surface area contributed by atoms with E-state index in [2.05, 4.69) is 17.4 Å². The maximum Gasteiger partial charge on any atom is 0.387 e. The van der Waals surface area contributed by atoms with Gasteiger partial charge in [-0.25, -0.2) is 0 Å². The van der Waals surface area contributed by atoms with Gasteiger partial charge < -0.3 is 4.74 Å². The van der Waals surface area contributed by atoms with Gasteiger partial charge in [0.25, 0.3) is 0 Å². The molecule has 0 bridgehead atoms. The predicted octanol–water partition coefficient (Wildman–Crippen LogP) is 2.63. The first kappa shape index (κ1) is 8.71. The van der Waals surface area contributed by atoms with E-state index in [-0.39, 0.29) is 5.75 Å². The number of benzene rings is 1. The van der Waals surface area contributed by atoms with E-state index in [9.17, 15) is 8.78 Å². The van der Waals surface area contributed by atoms with Gasteiger partial charge >= 0.3 is 6.61 Å². The van der Waals surface area contributed by atoms with Gasteiger partial charge in [-0.1, -0.05) is 18.7 Å². The van der Waals surface area contributed by atoms with Crippen LogP contribution >= 0.6 is 0 Å². The van der Waals surface area contributed by atoms with Gasteiger partial charge in [0.05, 0.1) is 0 Å². The van der Waals surface area contributed by atoms with Gasteiger partial charge in [0.1, 0.15) is 5.75 Å². The molecule has 0 atom stereocenters. The highest BCUT2D eigenvalue weighted by molar-refractivity contribution is 5.31. The molecular formula is C9H7F2O. The molecule has 0 spiro atoms. The molecule has 1 nitrogen and oxygen atoms in total. The molecule has 0 N–H and O–H groups in total. The average molecular weight is 169 g/mol. The third kappa shape index (κ3) is 2.34. The quantitative estimate of drug-likeness (QED) is 0.675. The second kappa shape index (κ2) is 3.85. The molecular weight excluding hydrogens is 162 g/mol. The summed E-state index contributed by atoms with van der Waals surface area (Å²) in [5.74, 6) is 0.124. The molecule has 0 aliphatic carbocycles. The van der Waals surface area contributed by atoms with Crippen LogP contribution in [0, 0.1) is 6.08 Å². The summed E-state index contributed by atoms with van der Waals surface area (Å²) in [6.07, 6.45) is 2.57. The number of hydrogen-bond donors (Lipinski definition) is 0. The Labute approximate surface area is 69.3 Å². The van der Waals surface area contributed by atoms with E-state index in [0.29, 0.717) is 5.56 Å². The van der Waals surface area contributed by atoms with Crippen molar-refractivity contribution < 1.29 is 13.5 Å². The first-order valence-electron chi connectivity index (χ1n) is 3.30. The van der Waals surface area contributed by atoms with Crippen molar-refractivity contribution in [1.82, 2.24) is 0 Å². The largest absolute Gasteiger partial charge is 0.435 e. The van der Waals surface area contributed by atoms with Crippen LogP contribution in [-0.4, -0.2) is 6.61 Å². The van der Waals surface area contributed by atoms with E-state index < -0.39 is 6.61 Å². The molecule has 0 aliphatic heterocycles. The van der Waals surface area contributed by atoms with Crippen molar-refractivity contribution in [3.8, 4) is 5.75 Å². The van der Waals surface area contributed by atoms with E-state index in [0.717, 1.165) is 0 Å². The van der Waals surface area contributed by atoms with Crippen LogP contribution in [0.5, 0.6) is 5.75 Å². The van der Waals surface area contributed by atoms with E-state index in [4.69, 9.17) is 0 Å². The fraction of sp³-hybridized carbons (Fsp3) is 0.111. The predicted molar refractivity (Wildman–Crippen MR) is 41.0 cm³/mol. The second-order valence-corrected chi connectivity index (χ2v) is 2.08. The Balaban J connectivity index is 2.79. The minimum Gasteiger partial charge on any atom is -0.435 e. The normalized spacial score (nSPS) is 9.92. The molecule has 63 valence electrons. The van der Waals surface area contributed by atoms with E-state index in [1.54, 1.807) is 12.1 Å². The highest BCUT2D eigenvalue weighted by Crippen LogP contribution is 2.15. The Morgan fingerprint density at radius 2 is 2.17 bits per heavy atom. The van der Waals surface area contributed by atoms with Gasteiger partial charge in [-0.3, -0.25) is 0 Å². The van der Waals surface area contributed by atoms with Gasteiger partial charge in [-0.15, -0.1) is 0 Å². The van der Waals surface area contributed by atoms with Crippen LogP contribution in [0.15, 0.2) is 30.8 Å². The molecule has 0 saturated heterocycles. The number of alkyl halides is 2. The van der Waals surface area contributed by atoms with Crippen molar-refractivity contribution in [2.45, 2.75) is 6.61 Å². The number of ether oxygens (including phenoxy) is 1. The van der Waals surface area contributed by atoms with Crippen molar-refractivity contribution in [3.63, 3.8) is 0 Å². The third-order valence-electron chi connectivity index (χ3n) is 1.26. The molecule has 0 amide bonds. The summed E-state index contributed by atoms with van der Waals surface area (Å²) in [5, 5.41) is 0. The lowest BCUT2D eigenvalue weighted by atomic mass is 10.2. The first-order chi connectivity index (χ1) is 5.72. The molecule has 1 rings (SSSR count). The summed E-state index contributed by atoms with van der Waals surface area (Å²) in [6, 6.07) is 6.20. The maximum absolute atomic E-state index is 11.7. The maximum atomic E-state index is 11.7. The standard InChI is InChI=1S/C9H7F2O/c1-2-7-4-3-5-8(6-7)12-9(10)11/h3-6,9H,1H2. The van der Waals surface area contributed by atoms with Crippen molar-refractivity contribution in [3.05, 3.63) is 42.5 Å². The molecule has 0 aromatic heterocycles. The van der Waals surface area contributed by atoms with E-state index in [1.807, 2.05) is 0 Å². The van der Waals surface area contributed by atoms with Crippen molar-refractivity contribution in [1.29, 1.82) is 0 Å². The summed E-state index contributed by atoms with van der Waals surface area (Å²) in [5.41, 5.74) is 0.633. The monoisotopic (exact) mass is 169 g/mol. The lowest BCUT2D eigenvalue weighted by Gasteiger charge is -2.03. The van der Waals surface area contributed by atoms with Gasteiger partial charge in [-0.2, -0.15) is 8.78 Å². The second-order valence-electron chi connectivity index (χ2n) is 2.08. The summed E-state index contributed by atoms with van der Waals surface area (Å²) < 4.78 is 27.6. The highest BCUT2D eigenvalue weighted by atomic mass is 19.3. The SMILES string of the molecule is C=[C]c1cccc(OC(F)F)c1. The van der Waals surface area contributed by atoms with Gasteiger partial charge in [0, 0.05) is 0 Å². The van der Waals surface area contributed by atoms with Crippen molar-refractivity contribution >= 4 is 0 Å². The van der Waals surface area contributed by atoms with Crippen LogP contribution in [0.4, 0.5) is 8.78 Å². The van der Waals surface area contributed by atoms with Crippen molar-refractivity contribution in [2.75, 3.05) is 0 Å². The van der Waals surface area contributed by atoms with Crippen LogP contribution in [-0.2, 0) is 0 Å². The molecule has 1 radical (unpaired) electrons. The molecule has 0 aliphatic rings. The number of rotatable bonds is 3. The minimum atomic E-state index is -2.79. The molecule has 3 heteroatoms. The summed E-state index contributed by atoms with van der Waals surface area (Å²) >= 11 is 0. The number of hydrogen-bond acceptors (Lipinski definition) is 1. The molecule has 12 heavy (non-hydrogen) atoms. The van der Waals surface area contributed by atoms with Crippen LogP contribution in [0.25, 0.3) is 0 Å². The zero-order valence-electron chi connectivity index (χ0n) is 6.26. The van der Waals surface area contributed by atoms with Gasteiger partial charge in [0.2, 0.25) is 0 Å².